The summed E-state index contributed by atoms with van der Waals surface area (Å²) >= 11 is 0. The SMILES string of the molecule is CCOC(=O)C1CCN(C(=O)C(C)Nc2cccc(CN3CCCCC3=O)c2)CC1. The minimum atomic E-state index is -0.365. The number of anilines is 1. The summed E-state index contributed by atoms with van der Waals surface area (Å²) in [6, 6.07) is 7.56. The second kappa shape index (κ2) is 10.5. The highest BCUT2D eigenvalue weighted by Gasteiger charge is 2.30. The first-order valence-corrected chi connectivity index (χ1v) is 11.1. The standard InChI is InChI=1S/C23H33N3O4/c1-3-30-23(29)19-10-13-25(14-11-19)22(28)17(2)24-20-8-6-7-18(15-20)16-26-12-5-4-9-21(26)27/h6-8,15,17,19,24H,3-5,9-14,16H2,1-2H3. The summed E-state index contributed by atoms with van der Waals surface area (Å²) in [5.74, 6) is -0.00508. The van der Waals surface area contributed by atoms with E-state index in [1.165, 1.54) is 0 Å². The van der Waals surface area contributed by atoms with Gasteiger partial charge in [0, 0.05) is 38.3 Å². The monoisotopic (exact) mass is 415 g/mol. The van der Waals surface area contributed by atoms with E-state index >= 15 is 0 Å². The quantitative estimate of drug-likeness (QED) is 0.693. The fourth-order valence-electron chi connectivity index (χ4n) is 4.19. The Morgan fingerprint density at radius 3 is 2.67 bits per heavy atom. The fourth-order valence-corrected chi connectivity index (χ4v) is 4.19. The van der Waals surface area contributed by atoms with Crippen LogP contribution in [0, 0.1) is 5.92 Å². The van der Waals surface area contributed by atoms with Crippen LogP contribution in [0.3, 0.4) is 0 Å². The zero-order chi connectivity index (χ0) is 21.5. The fraction of sp³-hybridized carbons (Fsp3) is 0.609. The lowest BCUT2D eigenvalue weighted by Gasteiger charge is -2.33. The molecule has 2 fully saturated rings. The second-order valence-electron chi connectivity index (χ2n) is 8.19. The normalized spacial score (nSPS) is 18.8. The number of carbonyl (C=O) groups is 3. The molecule has 7 nitrogen and oxygen atoms in total. The van der Waals surface area contributed by atoms with Gasteiger partial charge in [0.25, 0.3) is 0 Å². The molecule has 7 heteroatoms. The van der Waals surface area contributed by atoms with E-state index in [1.807, 2.05) is 47.9 Å². The first kappa shape index (κ1) is 22.1. The zero-order valence-corrected chi connectivity index (χ0v) is 18.1. The van der Waals surface area contributed by atoms with E-state index in [2.05, 4.69) is 5.32 Å². The van der Waals surface area contributed by atoms with E-state index in [-0.39, 0.29) is 29.7 Å². The topological polar surface area (TPSA) is 79.0 Å². The number of likely N-dealkylation sites (tertiary alicyclic amines) is 2. The summed E-state index contributed by atoms with van der Waals surface area (Å²) in [7, 11) is 0. The Balaban J connectivity index is 1.52. The predicted octanol–water partition coefficient (Wildman–Crippen LogP) is 2.80. The highest BCUT2D eigenvalue weighted by Crippen LogP contribution is 2.21. The van der Waals surface area contributed by atoms with Crippen LogP contribution in [0.1, 0.15) is 51.5 Å². The van der Waals surface area contributed by atoms with E-state index in [9.17, 15) is 14.4 Å². The number of ether oxygens (including phenoxy) is 1. The van der Waals surface area contributed by atoms with Gasteiger partial charge in [0.05, 0.1) is 12.5 Å². The van der Waals surface area contributed by atoms with Gasteiger partial charge in [-0.3, -0.25) is 14.4 Å². The lowest BCUT2D eigenvalue weighted by Crippen LogP contribution is -2.46. The van der Waals surface area contributed by atoms with Crippen molar-refractivity contribution in [3.05, 3.63) is 29.8 Å². The number of carbonyl (C=O) groups excluding carboxylic acids is 3. The summed E-state index contributed by atoms with van der Waals surface area (Å²) in [4.78, 5) is 40.5. The van der Waals surface area contributed by atoms with Crippen molar-refractivity contribution in [3.63, 3.8) is 0 Å². The van der Waals surface area contributed by atoms with Crippen molar-refractivity contribution in [2.45, 2.75) is 58.5 Å². The van der Waals surface area contributed by atoms with Crippen molar-refractivity contribution in [2.24, 2.45) is 5.92 Å². The number of amides is 2. The smallest absolute Gasteiger partial charge is 0.309 e. The maximum Gasteiger partial charge on any atom is 0.309 e. The third kappa shape index (κ3) is 5.74. The molecule has 2 aliphatic heterocycles. The Bertz CT molecular complexity index is 759. The zero-order valence-electron chi connectivity index (χ0n) is 18.1. The molecule has 0 aromatic heterocycles. The Labute approximate surface area is 178 Å². The van der Waals surface area contributed by atoms with Gasteiger partial charge < -0.3 is 19.9 Å². The molecule has 2 saturated heterocycles. The number of piperidine rings is 2. The van der Waals surface area contributed by atoms with Crippen LogP contribution in [-0.2, 0) is 25.7 Å². The lowest BCUT2D eigenvalue weighted by atomic mass is 9.96. The van der Waals surface area contributed by atoms with Crippen molar-refractivity contribution in [3.8, 4) is 0 Å². The number of nitrogens with zero attached hydrogens (tertiary/aromatic N) is 2. The van der Waals surface area contributed by atoms with Crippen LogP contribution >= 0.6 is 0 Å². The summed E-state index contributed by atoms with van der Waals surface area (Å²) < 4.78 is 5.10. The predicted molar refractivity (Wildman–Crippen MR) is 115 cm³/mol. The molecule has 164 valence electrons. The van der Waals surface area contributed by atoms with Crippen molar-refractivity contribution in [1.82, 2.24) is 9.80 Å². The number of hydrogen-bond acceptors (Lipinski definition) is 5. The molecule has 0 radical (unpaired) electrons. The number of benzene rings is 1. The number of hydrogen-bond donors (Lipinski definition) is 1. The van der Waals surface area contributed by atoms with E-state index in [1.54, 1.807) is 0 Å². The first-order chi connectivity index (χ1) is 14.5. The van der Waals surface area contributed by atoms with Gasteiger partial charge in [-0.05, 0) is 57.2 Å². The van der Waals surface area contributed by atoms with E-state index in [0.29, 0.717) is 45.5 Å². The molecule has 2 heterocycles. The minimum absolute atomic E-state index is 0.0360. The van der Waals surface area contributed by atoms with Gasteiger partial charge in [-0.2, -0.15) is 0 Å². The molecule has 0 bridgehead atoms. The van der Waals surface area contributed by atoms with Crippen LogP contribution < -0.4 is 5.32 Å². The highest BCUT2D eigenvalue weighted by molar-refractivity contribution is 5.84. The molecule has 1 atom stereocenters. The van der Waals surface area contributed by atoms with Crippen LogP contribution in [0.4, 0.5) is 5.69 Å². The number of nitrogens with one attached hydrogen (secondary N) is 1. The van der Waals surface area contributed by atoms with E-state index in [0.717, 1.165) is 30.6 Å². The van der Waals surface area contributed by atoms with Crippen molar-refractivity contribution < 1.29 is 19.1 Å². The molecule has 1 aromatic rings. The Hall–Kier alpha value is -2.57. The first-order valence-electron chi connectivity index (χ1n) is 11.1. The third-order valence-corrected chi connectivity index (χ3v) is 5.90. The molecule has 0 saturated carbocycles. The minimum Gasteiger partial charge on any atom is -0.466 e. The third-order valence-electron chi connectivity index (χ3n) is 5.90. The second-order valence-corrected chi connectivity index (χ2v) is 8.19. The number of esters is 1. The summed E-state index contributed by atoms with van der Waals surface area (Å²) in [6.45, 7) is 6.63. The lowest BCUT2D eigenvalue weighted by molar-refractivity contribution is -0.151. The van der Waals surface area contributed by atoms with Crippen LogP contribution in [0.15, 0.2) is 24.3 Å². The van der Waals surface area contributed by atoms with Gasteiger partial charge in [-0.15, -0.1) is 0 Å². The molecule has 1 N–H and O–H groups in total. The molecule has 2 aliphatic rings. The van der Waals surface area contributed by atoms with Crippen LogP contribution in [0.25, 0.3) is 0 Å². The summed E-state index contributed by atoms with van der Waals surface area (Å²) in [5, 5.41) is 3.30. The molecular weight excluding hydrogens is 382 g/mol. The van der Waals surface area contributed by atoms with E-state index < -0.39 is 0 Å². The van der Waals surface area contributed by atoms with Crippen molar-refractivity contribution in [1.29, 1.82) is 0 Å². The maximum atomic E-state index is 12.8. The van der Waals surface area contributed by atoms with Crippen molar-refractivity contribution in [2.75, 3.05) is 31.6 Å². The van der Waals surface area contributed by atoms with Gasteiger partial charge in [-0.25, -0.2) is 0 Å². The number of rotatable bonds is 7. The molecule has 1 aromatic carbocycles. The molecule has 3 rings (SSSR count). The van der Waals surface area contributed by atoms with Gasteiger partial charge in [0.15, 0.2) is 0 Å². The highest BCUT2D eigenvalue weighted by atomic mass is 16.5. The molecule has 0 spiro atoms. The van der Waals surface area contributed by atoms with E-state index in [4.69, 9.17) is 4.74 Å². The summed E-state index contributed by atoms with van der Waals surface area (Å²) in [6.07, 6.45) is 3.97. The van der Waals surface area contributed by atoms with Crippen LogP contribution in [0.5, 0.6) is 0 Å². The molecule has 0 aliphatic carbocycles. The molecule has 1 unspecified atom stereocenters. The average Bonchev–Trinajstić information content (AvgIpc) is 2.75. The van der Waals surface area contributed by atoms with Crippen molar-refractivity contribution >= 4 is 23.5 Å². The van der Waals surface area contributed by atoms with Crippen LogP contribution in [-0.4, -0.2) is 59.9 Å². The Morgan fingerprint density at radius 1 is 1.20 bits per heavy atom. The molecule has 2 amide bonds. The van der Waals surface area contributed by atoms with Gasteiger partial charge in [0.1, 0.15) is 6.04 Å². The Kier molecular flexibility index (Phi) is 7.71. The largest absolute Gasteiger partial charge is 0.466 e. The van der Waals surface area contributed by atoms with Gasteiger partial charge in [0.2, 0.25) is 11.8 Å². The average molecular weight is 416 g/mol. The Morgan fingerprint density at radius 2 is 1.97 bits per heavy atom. The molecule has 30 heavy (non-hydrogen) atoms. The summed E-state index contributed by atoms with van der Waals surface area (Å²) in [5.41, 5.74) is 1.93. The molecular formula is C23H33N3O4. The van der Waals surface area contributed by atoms with Gasteiger partial charge >= 0.3 is 5.97 Å². The van der Waals surface area contributed by atoms with Gasteiger partial charge in [-0.1, -0.05) is 12.1 Å². The van der Waals surface area contributed by atoms with Crippen LogP contribution in [0.2, 0.25) is 0 Å². The maximum absolute atomic E-state index is 12.8.